The maximum absolute atomic E-state index is 9.17. The monoisotopic (exact) mass is 779 g/mol. The minimum Gasteiger partial charge on any atom is -0.341 e. The van der Waals surface area contributed by atoms with Crippen molar-refractivity contribution in [1.82, 2.24) is 35.2 Å². The lowest BCUT2D eigenvalue weighted by Gasteiger charge is -2.55. The van der Waals surface area contributed by atoms with E-state index in [2.05, 4.69) is 140 Å². The van der Waals surface area contributed by atoms with Gasteiger partial charge in [-0.3, -0.25) is 0 Å². The molecule has 55 heavy (non-hydrogen) atoms. The normalized spacial score (nSPS) is 28.9. The van der Waals surface area contributed by atoms with Gasteiger partial charge in [0.15, 0.2) is 0 Å². The van der Waals surface area contributed by atoms with Gasteiger partial charge in [0.25, 0.3) is 0 Å². The zero-order valence-corrected chi connectivity index (χ0v) is 37.9. The van der Waals surface area contributed by atoms with E-state index in [1.54, 1.807) is 20.3 Å². The van der Waals surface area contributed by atoms with Gasteiger partial charge in [0.2, 0.25) is 17.8 Å². The summed E-state index contributed by atoms with van der Waals surface area (Å²) in [5, 5.41) is 43.4. The second-order valence-electron chi connectivity index (χ2n) is 23.0. The number of hydroxylamine groups is 8. The van der Waals surface area contributed by atoms with Crippen LogP contribution in [0.1, 0.15) is 162 Å². The largest absolute Gasteiger partial charge is 0.341 e. The fourth-order valence-electron chi connectivity index (χ4n) is 11.6. The number of rotatable bonds is 7. The van der Waals surface area contributed by atoms with E-state index in [1.165, 1.54) is 0 Å². The summed E-state index contributed by atoms with van der Waals surface area (Å²) in [7, 11) is 4.23. The lowest BCUT2D eigenvalue weighted by atomic mass is 9.75. The first-order valence-corrected chi connectivity index (χ1v) is 20.7. The van der Waals surface area contributed by atoms with Crippen LogP contribution in [0.3, 0.4) is 0 Å². The Morgan fingerprint density at radius 2 is 0.545 bits per heavy atom. The van der Waals surface area contributed by atoms with Crippen LogP contribution in [0.5, 0.6) is 0 Å². The van der Waals surface area contributed by atoms with E-state index < -0.39 is 0 Å². The number of nitrogens with zero attached hydrogens (tertiary/aromatic N) is 10. The number of hydrogen-bond donors (Lipinski definition) is 0. The van der Waals surface area contributed by atoms with Crippen LogP contribution in [-0.4, -0.2) is 139 Å². The first-order chi connectivity index (χ1) is 24.7. The third kappa shape index (κ3) is 8.22. The maximum Gasteiger partial charge on any atom is 0.232 e. The molecule has 0 spiro atoms. The lowest BCUT2D eigenvalue weighted by Crippen LogP contribution is -2.68. The van der Waals surface area contributed by atoms with Gasteiger partial charge in [-0.2, -0.15) is 15.0 Å². The Balaban J connectivity index is 1.71. The Kier molecular flexibility index (Phi) is 11.1. The average Bonchev–Trinajstić information content (AvgIpc) is 3.02. The van der Waals surface area contributed by atoms with Gasteiger partial charge >= 0.3 is 0 Å². The Bertz CT molecular complexity index is 1380. The fourth-order valence-corrected chi connectivity index (χ4v) is 11.6. The van der Waals surface area contributed by atoms with Crippen LogP contribution in [0.15, 0.2) is 0 Å². The number of piperidine rings is 4. The highest BCUT2D eigenvalue weighted by Gasteiger charge is 2.56. The summed E-state index contributed by atoms with van der Waals surface area (Å²) in [6.07, 6.45) is 6.29. The maximum atomic E-state index is 9.17. The predicted molar refractivity (Wildman–Crippen MR) is 226 cm³/mol. The smallest absolute Gasteiger partial charge is 0.232 e. The summed E-state index contributed by atoms with van der Waals surface area (Å²) in [5.41, 5.74) is -2.92. The molecule has 1 aromatic rings. The van der Waals surface area contributed by atoms with Crippen LogP contribution in [-0.2, 0) is 0 Å². The van der Waals surface area contributed by atoms with E-state index >= 15 is 0 Å². The molecule has 4 aliphatic rings. The van der Waals surface area contributed by atoms with Gasteiger partial charge in [0.05, 0.1) is 44.3 Å². The molecule has 5 rings (SSSR count). The Labute approximate surface area is 332 Å². The summed E-state index contributed by atoms with van der Waals surface area (Å²) in [4.78, 5) is 23.3. The summed E-state index contributed by atoms with van der Waals surface area (Å²) in [6, 6.07) is 0.305. The molecule has 8 N–H and O–H groups in total. The minimum absolute atomic E-state index is 0.0491. The summed E-state index contributed by atoms with van der Waals surface area (Å²) in [5.74, 6) is 1.93. The van der Waals surface area contributed by atoms with Crippen LogP contribution in [0.25, 0.3) is 0 Å². The molecule has 5 heterocycles. The minimum atomic E-state index is -0.388. The SMILES string of the molecule is CN(c1nc(N(C)C2CC(C)(C)N([OH2+])C(C)(C)C2)nc(N(C2CC(C)(C)N([OH2+])C(C)(C)C2)C2CC(C)(C)N([OH2+])C(C)(C)C2)n1)C1CC(C)(C)N([OH2+])C(C)(C)C1. The van der Waals surface area contributed by atoms with Gasteiger partial charge < -0.3 is 35.5 Å². The van der Waals surface area contributed by atoms with E-state index in [4.69, 9.17) is 35.8 Å². The van der Waals surface area contributed by atoms with Gasteiger partial charge in [-0.15, -0.1) is 0 Å². The molecule has 0 radical (unpaired) electrons. The third-order valence-electron chi connectivity index (χ3n) is 14.1. The first-order valence-electron chi connectivity index (χ1n) is 20.7. The van der Waals surface area contributed by atoms with Crippen molar-refractivity contribution in [1.29, 1.82) is 0 Å². The van der Waals surface area contributed by atoms with Crippen molar-refractivity contribution < 1.29 is 20.8 Å². The number of hydrogen-bond acceptors (Lipinski definition) is 10. The molecule has 0 amide bonds. The standard InChI is InChI=1S/C41H78N10O4/c1-34(2)19-27(20-35(3,4)48(34)52)45(17)31-42-32(46(18)28-21-36(5,6)49(53)37(7,8)22-28)44-33(43-31)47(29-23-38(9,10)50(54)39(11,12)24-29)30-25-40(13,14)51(55)41(15,16)26-30/h27-30,52-55H,19-26H2,1-18H3/p+4. The molecular formula is C41H82N10O4+4. The van der Waals surface area contributed by atoms with Crippen molar-refractivity contribution in [2.24, 2.45) is 0 Å². The molecule has 4 saturated heterocycles. The molecule has 316 valence electrons. The average molecular weight is 779 g/mol. The second kappa shape index (κ2) is 13.8. The van der Waals surface area contributed by atoms with E-state index in [0.717, 1.165) is 51.4 Å². The predicted octanol–water partition coefficient (Wildman–Crippen LogP) is 4.20. The quantitative estimate of drug-likeness (QED) is 0.369. The molecule has 0 saturated carbocycles. The zero-order valence-electron chi connectivity index (χ0n) is 37.9. The number of anilines is 3. The highest BCUT2D eigenvalue weighted by atomic mass is 16.5. The van der Waals surface area contributed by atoms with Crippen LogP contribution in [0.4, 0.5) is 17.8 Å². The lowest BCUT2D eigenvalue weighted by molar-refractivity contribution is -0.251. The molecule has 4 aliphatic heterocycles. The van der Waals surface area contributed by atoms with E-state index in [9.17, 15) is 0 Å². The van der Waals surface area contributed by atoms with Crippen molar-refractivity contribution in [3.8, 4) is 0 Å². The molecular weight excluding hydrogens is 697 g/mol. The molecule has 14 nitrogen and oxygen atoms in total. The van der Waals surface area contributed by atoms with Gasteiger partial charge in [-0.1, -0.05) is 20.3 Å². The van der Waals surface area contributed by atoms with Gasteiger partial charge in [-0.05, 0) is 162 Å². The van der Waals surface area contributed by atoms with E-state index in [0.29, 0.717) is 17.8 Å². The molecule has 0 unspecified atom stereocenters. The molecule has 0 aliphatic carbocycles. The van der Waals surface area contributed by atoms with Crippen molar-refractivity contribution in [3.05, 3.63) is 0 Å². The van der Waals surface area contributed by atoms with E-state index in [-0.39, 0.29) is 68.5 Å². The summed E-state index contributed by atoms with van der Waals surface area (Å²) < 4.78 is 0. The Hall–Kier alpha value is -1.91. The highest BCUT2D eigenvalue weighted by Crippen LogP contribution is 2.47. The van der Waals surface area contributed by atoms with E-state index in [1.807, 2.05) is 0 Å². The summed E-state index contributed by atoms with van der Waals surface area (Å²) >= 11 is 0. The zero-order chi connectivity index (χ0) is 41.9. The van der Waals surface area contributed by atoms with Crippen molar-refractivity contribution in [2.75, 3.05) is 28.8 Å². The molecule has 0 aromatic carbocycles. The molecule has 14 heteroatoms. The first kappa shape index (κ1) is 44.2. The summed E-state index contributed by atoms with van der Waals surface area (Å²) in [6.45, 7) is 34.8. The molecule has 0 atom stereocenters. The molecule has 0 bridgehead atoms. The second-order valence-corrected chi connectivity index (χ2v) is 23.0. The van der Waals surface area contributed by atoms with Crippen molar-refractivity contribution in [2.45, 2.75) is 231 Å². The molecule has 1 aromatic heterocycles. The van der Waals surface area contributed by atoms with Crippen LogP contribution >= 0.6 is 0 Å². The van der Waals surface area contributed by atoms with Gasteiger partial charge in [-0.25, -0.2) is 0 Å². The highest BCUT2D eigenvalue weighted by molar-refractivity contribution is 5.49. The van der Waals surface area contributed by atoms with Crippen LogP contribution in [0, 0.1) is 0 Å². The molecule has 4 fully saturated rings. The van der Waals surface area contributed by atoms with Crippen molar-refractivity contribution >= 4 is 17.8 Å². The third-order valence-corrected chi connectivity index (χ3v) is 14.1. The fraction of sp³-hybridized carbons (Fsp3) is 0.927. The Morgan fingerprint density at radius 3 is 0.764 bits per heavy atom. The number of aromatic nitrogens is 3. The van der Waals surface area contributed by atoms with Gasteiger partial charge in [0.1, 0.15) is 0 Å². The van der Waals surface area contributed by atoms with Gasteiger partial charge in [0, 0.05) is 38.3 Å². The van der Waals surface area contributed by atoms with Crippen molar-refractivity contribution in [3.63, 3.8) is 0 Å². The Morgan fingerprint density at radius 1 is 0.364 bits per heavy atom. The van der Waals surface area contributed by atoms with Crippen LogP contribution in [0.2, 0.25) is 0 Å². The topological polar surface area (TPSA) is 153 Å². The van der Waals surface area contributed by atoms with Crippen LogP contribution < -0.4 is 14.7 Å².